The first-order valence-electron chi connectivity index (χ1n) is 7.18. The van der Waals surface area contributed by atoms with Crippen LogP contribution < -0.4 is 14.8 Å². The molecule has 5 nitrogen and oxygen atoms in total. The lowest BCUT2D eigenvalue weighted by Gasteiger charge is -2.26. The number of morpholine rings is 1. The Bertz CT molecular complexity index is 451. The highest BCUT2D eigenvalue weighted by Gasteiger charge is 2.14. The Morgan fingerprint density at radius 1 is 1.33 bits per heavy atom. The molecule has 0 bridgehead atoms. The topological polar surface area (TPSA) is 43.0 Å². The van der Waals surface area contributed by atoms with Crippen molar-refractivity contribution in [2.45, 2.75) is 6.54 Å². The summed E-state index contributed by atoms with van der Waals surface area (Å²) in [6.45, 7) is 5.71. The Kier molecular flexibility index (Phi) is 6.57. The molecule has 0 atom stereocenters. The smallest absolute Gasteiger partial charge is 0.165 e. The third-order valence-corrected chi connectivity index (χ3v) is 3.66. The van der Waals surface area contributed by atoms with E-state index in [-0.39, 0.29) is 0 Å². The summed E-state index contributed by atoms with van der Waals surface area (Å²) in [7, 11) is 3.52. The summed E-state index contributed by atoms with van der Waals surface area (Å²) in [6.07, 6.45) is 0. The SMILES string of the molecule is CNCc1cc(Cl)cc(OC)c1OCCN1CCOCC1. The maximum Gasteiger partial charge on any atom is 0.165 e. The first kappa shape index (κ1) is 16.4. The lowest BCUT2D eigenvalue weighted by molar-refractivity contribution is 0.0320. The number of nitrogens with one attached hydrogen (secondary N) is 1. The Hall–Kier alpha value is -1.01. The molecule has 0 spiro atoms. The molecule has 1 fully saturated rings. The molecular formula is C15H23ClN2O3. The molecule has 1 aromatic carbocycles. The maximum absolute atomic E-state index is 6.11. The van der Waals surface area contributed by atoms with Crippen LogP contribution in [0.1, 0.15) is 5.56 Å². The number of methoxy groups -OCH3 is 1. The molecular weight excluding hydrogens is 292 g/mol. The van der Waals surface area contributed by atoms with Crippen molar-refractivity contribution in [2.75, 3.05) is 53.6 Å². The maximum atomic E-state index is 6.11. The van der Waals surface area contributed by atoms with Gasteiger partial charge in [-0.3, -0.25) is 4.90 Å². The van der Waals surface area contributed by atoms with Crippen molar-refractivity contribution in [3.8, 4) is 11.5 Å². The average Bonchev–Trinajstić information content (AvgIpc) is 2.50. The first-order valence-corrected chi connectivity index (χ1v) is 7.56. The third kappa shape index (κ3) is 4.74. The van der Waals surface area contributed by atoms with Crippen LogP contribution in [0, 0.1) is 0 Å². The average molecular weight is 315 g/mol. The molecule has 0 radical (unpaired) electrons. The summed E-state index contributed by atoms with van der Waals surface area (Å²) in [4.78, 5) is 2.34. The Labute approximate surface area is 131 Å². The highest BCUT2D eigenvalue weighted by atomic mass is 35.5. The van der Waals surface area contributed by atoms with Crippen molar-refractivity contribution in [1.29, 1.82) is 0 Å². The van der Waals surface area contributed by atoms with E-state index in [1.54, 1.807) is 13.2 Å². The normalized spacial score (nSPS) is 16.0. The van der Waals surface area contributed by atoms with Gasteiger partial charge in [-0.25, -0.2) is 0 Å². The second-order valence-electron chi connectivity index (χ2n) is 4.93. The number of halogens is 1. The van der Waals surface area contributed by atoms with Gasteiger partial charge < -0.3 is 19.5 Å². The van der Waals surface area contributed by atoms with Crippen LogP contribution in [0.5, 0.6) is 11.5 Å². The third-order valence-electron chi connectivity index (χ3n) is 3.44. The van der Waals surface area contributed by atoms with Gasteiger partial charge in [0.25, 0.3) is 0 Å². The predicted molar refractivity (Wildman–Crippen MR) is 83.5 cm³/mol. The van der Waals surface area contributed by atoms with Crippen LogP contribution in [-0.4, -0.2) is 58.5 Å². The molecule has 1 saturated heterocycles. The standard InChI is InChI=1S/C15H23ClN2O3/c1-17-11-12-9-13(16)10-14(19-2)15(12)21-8-5-18-3-6-20-7-4-18/h9-10,17H,3-8,11H2,1-2H3. The van der Waals surface area contributed by atoms with Gasteiger partial charge >= 0.3 is 0 Å². The fraction of sp³-hybridized carbons (Fsp3) is 0.600. The van der Waals surface area contributed by atoms with Crippen LogP contribution in [0.25, 0.3) is 0 Å². The zero-order valence-electron chi connectivity index (χ0n) is 12.7. The first-order chi connectivity index (χ1) is 10.2. The fourth-order valence-electron chi connectivity index (χ4n) is 2.36. The molecule has 1 aromatic rings. The summed E-state index contributed by atoms with van der Waals surface area (Å²) in [6, 6.07) is 3.69. The lowest BCUT2D eigenvalue weighted by Crippen LogP contribution is -2.38. The van der Waals surface area contributed by atoms with Crippen LogP contribution in [0.4, 0.5) is 0 Å². The van der Waals surface area contributed by atoms with E-state index in [1.807, 2.05) is 13.1 Å². The number of benzene rings is 1. The minimum absolute atomic E-state index is 0.620. The Balaban J connectivity index is 1.99. The van der Waals surface area contributed by atoms with Crippen LogP contribution in [0.15, 0.2) is 12.1 Å². The van der Waals surface area contributed by atoms with E-state index >= 15 is 0 Å². The number of hydrogen-bond acceptors (Lipinski definition) is 5. The van der Waals surface area contributed by atoms with Crippen LogP contribution in [0.2, 0.25) is 5.02 Å². The molecule has 0 aromatic heterocycles. The van der Waals surface area contributed by atoms with Crippen molar-refractivity contribution >= 4 is 11.6 Å². The minimum Gasteiger partial charge on any atom is -0.493 e. The highest BCUT2D eigenvalue weighted by molar-refractivity contribution is 6.30. The summed E-state index contributed by atoms with van der Waals surface area (Å²) in [5, 5.41) is 3.77. The molecule has 1 aliphatic rings. The van der Waals surface area contributed by atoms with Crippen LogP contribution in [-0.2, 0) is 11.3 Å². The molecule has 2 rings (SSSR count). The highest BCUT2D eigenvalue weighted by Crippen LogP contribution is 2.34. The van der Waals surface area contributed by atoms with Gasteiger partial charge in [-0.05, 0) is 13.1 Å². The van der Waals surface area contributed by atoms with Gasteiger partial charge in [0.2, 0.25) is 0 Å². The zero-order valence-corrected chi connectivity index (χ0v) is 13.4. The number of ether oxygens (including phenoxy) is 3. The Morgan fingerprint density at radius 2 is 2.10 bits per heavy atom. The van der Waals surface area contributed by atoms with E-state index in [0.717, 1.165) is 44.2 Å². The quantitative estimate of drug-likeness (QED) is 0.831. The van der Waals surface area contributed by atoms with Gasteiger partial charge in [-0.2, -0.15) is 0 Å². The lowest BCUT2D eigenvalue weighted by atomic mass is 10.2. The largest absolute Gasteiger partial charge is 0.493 e. The Morgan fingerprint density at radius 3 is 2.76 bits per heavy atom. The summed E-state index contributed by atoms with van der Waals surface area (Å²) in [5.41, 5.74) is 1.00. The van der Waals surface area contributed by atoms with E-state index in [4.69, 9.17) is 25.8 Å². The van der Waals surface area contributed by atoms with Crippen LogP contribution in [0.3, 0.4) is 0 Å². The van der Waals surface area contributed by atoms with Gasteiger partial charge in [0.15, 0.2) is 11.5 Å². The minimum atomic E-state index is 0.620. The van der Waals surface area contributed by atoms with Gasteiger partial charge in [0, 0.05) is 42.8 Å². The summed E-state index contributed by atoms with van der Waals surface area (Å²) >= 11 is 6.11. The van der Waals surface area contributed by atoms with Crippen molar-refractivity contribution in [3.63, 3.8) is 0 Å². The second kappa shape index (κ2) is 8.44. The second-order valence-corrected chi connectivity index (χ2v) is 5.37. The van der Waals surface area contributed by atoms with Crippen LogP contribution >= 0.6 is 11.6 Å². The number of hydrogen-bond donors (Lipinski definition) is 1. The fourth-order valence-corrected chi connectivity index (χ4v) is 2.59. The molecule has 1 N–H and O–H groups in total. The van der Waals surface area contributed by atoms with Crippen molar-refractivity contribution in [2.24, 2.45) is 0 Å². The number of rotatable bonds is 7. The molecule has 0 amide bonds. The van der Waals surface area contributed by atoms with Crippen molar-refractivity contribution in [3.05, 3.63) is 22.7 Å². The van der Waals surface area contributed by atoms with Gasteiger partial charge in [0.1, 0.15) is 6.61 Å². The zero-order chi connectivity index (χ0) is 15.1. The molecule has 21 heavy (non-hydrogen) atoms. The van der Waals surface area contributed by atoms with Crippen molar-refractivity contribution < 1.29 is 14.2 Å². The van der Waals surface area contributed by atoms with Gasteiger partial charge in [-0.15, -0.1) is 0 Å². The molecule has 0 unspecified atom stereocenters. The van der Waals surface area contributed by atoms with Gasteiger partial charge in [-0.1, -0.05) is 11.6 Å². The van der Waals surface area contributed by atoms with E-state index < -0.39 is 0 Å². The van der Waals surface area contributed by atoms with E-state index in [2.05, 4.69) is 10.2 Å². The number of nitrogens with zero attached hydrogens (tertiary/aromatic N) is 1. The molecule has 1 aliphatic heterocycles. The van der Waals surface area contributed by atoms with E-state index in [0.29, 0.717) is 23.9 Å². The van der Waals surface area contributed by atoms with E-state index in [9.17, 15) is 0 Å². The molecule has 6 heteroatoms. The summed E-state index contributed by atoms with van der Waals surface area (Å²) in [5.74, 6) is 1.44. The van der Waals surface area contributed by atoms with E-state index in [1.165, 1.54) is 0 Å². The van der Waals surface area contributed by atoms with Crippen molar-refractivity contribution in [1.82, 2.24) is 10.2 Å². The molecule has 0 aliphatic carbocycles. The monoisotopic (exact) mass is 314 g/mol. The predicted octanol–water partition coefficient (Wildman–Crippen LogP) is 1.78. The summed E-state index contributed by atoms with van der Waals surface area (Å²) < 4.78 is 16.7. The molecule has 118 valence electrons. The molecule has 1 heterocycles. The molecule has 0 saturated carbocycles. The van der Waals surface area contributed by atoms with Gasteiger partial charge in [0.05, 0.1) is 20.3 Å².